The molecule has 0 radical (unpaired) electrons. The van der Waals surface area contributed by atoms with Gasteiger partial charge in [0.25, 0.3) is 0 Å². The topological polar surface area (TPSA) is 70.2 Å². The summed E-state index contributed by atoms with van der Waals surface area (Å²) in [5, 5.41) is 8.88. The Hall–Kier alpha value is -1.82. The van der Waals surface area contributed by atoms with Gasteiger partial charge in [-0.2, -0.15) is 0 Å². The van der Waals surface area contributed by atoms with Crippen molar-refractivity contribution in [1.29, 1.82) is 0 Å². The zero-order chi connectivity index (χ0) is 18.3. The Morgan fingerprint density at radius 2 is 1.68 bits per heavy atom. The highest BCUT2D eigenvalue weighted by atomic mass is 28.3. The van der Waals surface area contributed by atoms with Crippen LogP contribution in [0.25, 0.3) is 0 Å². The molecule has 25 heavy (non-hydrogen) atoms. The first-order valence-electron chi connectivity index (χ1n) is 9.19. The van der Waals surface area contributed by atoms with E-state index in [4.69, 9.17) is 0 Å². The van der Waals surface area contributed by atoms with Crippen molar-refractivity contribution in [2.24, 2.45) is 0 Å². The molecular formula is C19H31N3O2Si. The van der Waals surface area contributed by atoms with E-state index in [0.717, 1.165) is 24.4 Å². The van der Waals surface area contributed by atoms with Gasteiger partial charge in [0.15, 0.2) is 0 Å². The van der Waals surface area contributed by atoms with Crippen LogP contribution in [0.2, 0.25) is 25.7 Å². The fourth-order valence-electron chi connectivity index (χ4n) is 3.15. The largest absolute Gasteiger partial charge is 0.354 e. The molecule has 0 atom stereocenters. The number of carbonyl (C=O) groups is 2. The monoisotopic (exact) mass is 361 g/mol. The van der Waals surface area contributed by atoms with Crippen molar-refractivity contribution in [2.75, 3.05) is 6.54 Å². The maximum Gasteiger partial charge on any atom is 0.315 e. The highest BCUT2D eigenvalue weighted by Gasteiger charge is 2.42. The van der Waals surface area contributed by atoms with Crippen molar-refractivity contribution in [3.8, 4) is 0 Å². The minimum absolute atomic E-state index is 0.0295. The smallest absolute Gasteiger partial charge is 0.315 e. The molecule has 0 bridgehead atoms. The standard InChI is InChI=1S/C19H31N3O2Si/c1-25(2,3)14-13-20-17(23)19(11-7-8-12-19)22-18(24)21-15-16-9-5-4-6-10-16/h4-6,9-10H,7-8,11-15H2,1-3H3,(H,20,23)(H2,21,22,24). The van der Waals surface area contributed by atoms with E-state index < -0.39 is 13.6 Å². The quantitative estimate of drug-likeness (QED) is 0.653. The Kier molecular flexibility index (Phi) is 6.64. The maximum atomic E-state index is 12.7. The van der Waals surface area contributed by atoms with Crippen LogP contribution in [-0.2, 0) is 11.3 Å². The molecule has 5 nitrogen and oxygen atoms in total. The average Bonchev–Trinajstić information content (AvgIpc) is 3.02. The van der Waals surface area contributed by atoms with Gasteiger partial charge >= 0.3 is 6.03 Å². The Labute approximate surface area is 152 Å². The molecule has 1 aliphatic carbocycles. The summed E-state index contributed by atoms with van der Waals surface area (Å²) in [4.78, 5) is 25.0. The van der Waals surface area contributed by atoms with Gasteiger partial charge in [0.1, 0.15) is 5.54 Å². The van der Waals surface area contributed by atoms with E-state index in [2.05, 4.69) is 35.6 Å². The van der Waals surface area contributed by atoms with Crippen molar-refractivity contribution in [3.05, 3.63) is 35.9 Å². The molecule has 1 saturated carbocycles. The second-order valence-corrected chi connectivity index (χ2v) is 13.8. The number of urea groups is 1. The van der Waals surface area contributed by atoms with Gasteiger partial charge in [0, 0.05) is 21.2 Å². The summed E-state index contributed by atoms with van der Waals surface area (Å²) < 4.78 is 0. The van der Waals surface area contributed by atoms with Gasteiger partial charge in [-0.1, -0.05) is 62.8 Å². The van der Waals surface area contributed by atoms with Crippen LogP contribution < -0.4 is 16.0 Å². The zero-order valence-electron chi connectivity index (χ0n) is 15.7. The van der Waals surface area contributed by atoms with E-state index in [1.165, 1.54) is 0 Å². The summed E-state index contributed by atoms with van der Waals surface area (Å²) in [6, 6.07) is 10.5. The molecule has 1 aliphatic rings. The summed E-state index contributed by atoms with van der Waals surface area (Å²) in [6.45, 7) is 8.03. The third-order valence-electron chi connectivity index (χ3n) is 4.70. The van der Waals surface area contributed by atoms with E-state index in [1.807, 2.05) is 30.3 Å². The molecule has 1 fully saturated rings. The third-order valence-corrected chi connectivity index (χ3v) is 6.45. The first-order valence-corrected chi connectivity index (χ1v) is 12.9. The number of nitrogens with one attached hydrogen (secondary N) is 3. The fourth-order valence-corrected chi connectivity index (χ4v) is 4.02. The van der Waals surface area contributed by atoms with Crippen LogP contribution in [0.3, 0.4) is 0 Å². The van der Waals surface area contributed by atoms with Gasteiger partial charge in [-0.25, -0.2) is 4.79 Å². The van der Waals surface area contributed by atoms with E-state index in [-0.39, 0.29) is 11.9 Å². The van der Waals surface area contributed by atoms with Crippen molar-refractivity contribution in [1.82, 2.24) is 16.0 Å². The van der Waals surface area contributed by atoms with Crippen molar-refractivity contribution in [2.45, 2.75) is 63.5 Å². The van der Waals surface area contributed by atoms with Crippen LogP contribution in [0.1, 0.15) is 31.2 Å². The third kappa shape index (κ3) is 6.19. The maximum absolute atomic E-state index is 12.7. The lowest BCUT2D eigenvalue weighted by Crippen LogP contribution is -2.59. The zero-order valence-corrected chi connectivity index (χ0v) is 16.7. The number of rotatable bonds is 7. The molecule has 0 aromatic heterocycles. The number of benzene rings is 1. The predicted octanol–water partition coefficient (Wildman–Crippen LogP) is 3.25. The van der Waals surface area contributed by atoms with Crippen LogP contribution in [0, 0.1) is 0 Å². The lowest BCUT2D eigenvalue weighted by molar-refractivity contribution is -0.127. The highest BCUT2D eigenvalue weighted by Crippen LogP contribution is 2.30. The molecule has 0 spiro atoms. The first-order chi connectivity index (χ1) is 11.8. The Balaban J connectivity index is 1.87. The molecule has 0 heterocycles. The van der Waals surface area contributed by atoms with E-state index >= 15 is 0 Å². The van der Waals surface area contributed by atoms with E-state index in [1.54, 1.807) is 0 Å². The molecule has 0 unspecified atom stereocenters. The van der Waals surface area contributed by atoms with Crippen LogP contribution in [0.4, 0.5) is 4.79 Å². The molecule has 1 aromatic rings. The van der Waals surface area contributed by atoms with Gasteiger partial charge in [-0.05, 0) is 24.4 Å². The van der Waals surface area contributed by atoms with Gasteiger partial charge in [-0.15, -0.1) is 0 Å². The van der Waals surface area contributed by atoms with Crippen molar-refractivity contribution < 1.29 is 9.59 Å². The summed E-state index contributed by atoms with van der Waals surface area (Å²) in [6.07, 6.45) is 3.37. The van der Waals surface area contributed by atoms with Crippen molar-refractivity contribution >= 4 is 20.0 Å². The molecule has 3 amide bonds. The molecule has 1 aromatic carbocycles. The van der Waals surface area contributed by atoms with Gasteiger partial charge in [0.2, 0.25) is 5.91 Å². The number of amides is 3. The highest BCUT2D eigenvalue weighted by molar-refractivity contribution is 6.76. The van der Waals surface area contributed by atoms with Crippen LogP contribution >= 0.6 is 0 Å². The average molecular weight is 362 g/mol. The van der Waals surface area contributed by atoms with Crippen molar-refractivity contribution in [3.63, 3.8) is 0 Å². The summed E-state index contributed by atoms with van der Waals surface area (Å²) in [5.41, 5.74) is 0.290. The minimum Gasteiger partial charge on any atom is -0.354 e. The Morgan fingerprint density at radius 1 is 1.04 bits per heavy atom. The van der Waals surface area contributed by atoms with Crippen LogP contribution in [0.15, 0.2) is 30.3 Å². The Bertz CT molecular complexity index is 578. The number of hydrogen-bond acceptors (Lipinski definition) is 2. The lowest BCUT2D eigenvalue weighted by Gasteiger charge is -2.29. The molecular weight excluding hydrogens is 330 g/mol. The van der Waals surface area contributed by atoms with Gasteiger partial charge in [0.05, 0.1) is 0 Å². The SMILES string of the molecule is C[Si](C)(C)CCNC(=O)C1(NC(=O)NCc2ccccc2)CCCC1. The Morgan fingerprint density at radius 3 is 2.28 bits per heavy atom. The van der Waals surface area contributed by atoms with Gasteiger partial charge < -0.3 is 16.0 Å². The number of hydrogen-bond donors (Lipinski definition) is 3. The molecule has 138 valence electrons. The summed E-state index contributed by atoms with van der Waals surface area (Å²) >= 11 is 0. The molecule has 2 rings (SSSR count). The van der Waals surface area contributed by atoms with Crippen LogP contribution in [-0.4, -0.2) is 32.1 Å². The lowest BCUT2D eigenvalue weighted by atomic mass is 9.96. The molecule has 0 aliphatic heterocycles. The summed E-state index contributed by atoms with van der Waals surface area (Å²) in [5.74, 6) is -0.0295. The number of carbonyl (C=O) groups excluding carboxylic acids is 2. The second-order valence-electron chi connectivity index (χ2n) is 8.15. The molecule has 6 heteroatoms. The second kappa shape index (κ2) is 8.51. The minimum atomic E-state index is -1.18. The molecule has 0 saturated heterocycles. The van der Waals surface area contributed by atoms with E-state index in [9.17, 15) is 9.59 Å². The molecule has 3 N–H and O–H groups in total. The fraction of sp³-hybridized carbons (Fsp3) is 0.579. The summed E-state index contributed by atoms with van der Waals surface area (Å²) in [7, 11) is -1.18. The van der Waals surface area contributed by atoms with Gasteiger partial charge in [-0.3, -0.25) is 4.79 Å². The predicted molar refractivity (Wildman–Crippen MR) is 104 cm³/mol. The normalized spacial score (nSPS) is 16.3. The first kappa shape index (κ1) is 19.5. The van der Waals surface area contributed by atoms with Crippen LogP contribution in [0.5, 0.6) is 0 Å². The van der Waals surface area contributed by atoms with E-state index in [0.29, 0.717) is 25.9 Å².